The average molecular weight is 298 g/mol. The summed E-state index contributed by atoms with van der Waals surface area (Å²) in [4.78, 5) is 25.8. The van der Waals surface area contributed by atoms with Crippen LogP contribution in [-0.2, 0) is 4.74 Å². The quantitative estimate of drug-likeness (QED) is 0.716. The normalized spacial score (nSPS) is 15.4. The van der Waals surface area contributed by atoms with Crippen LogP contribution in [0.1, 0.15) is 0 Å². The molecular formula is C14H14N6O2. The van der Waals surface area contributed by atoms with Gasteiger partial charge >= 0.3 is 0 Å². The second-order valence-corrected chi connectivity index (χ2v) is 5.07. The molecule has 0 aromatic carbocycles. The molecule has 0 aliphatic carbocycles. The number of aromatic amines is 2. The lowest BCUT2D eigenvalue weighted by molar-refractivity contribution is 0.122. The van der Waals surface area contributed by atoms with Gasteiger partial charge in [-0.2, -0.15) is 5.10 Å². The molecule has 8 heteroatoms. The topological polar surface area (TPSA) is 99.8 Å². The first-order valence-corrected chi connectivity index (χ1v) is 7.03. The Bertz CT molecular complexity index is 851. The molecule has 3 aromatic heterocycles. The lowest BCUT2D eigenvalue weighted by atomic mass is 10.2. The number of nitrogens with one attached hydrogen (secondary N) is 2. The van der Waals surface area contributed by atoms with Gasteiger partial charge in [-0.25, -0.2) is 4.98 Å². The number of fused-ring (bicyclic) bond motifs is 1. The van der Waals surface area contributed by atoms with Gasteiger partial charge in [0.05, 0.1) is 24.1 Å². The van der Waals surface area contributed by atoms with E-state index in [0.29, 0.717) is 29.9 Å². The molecule has 1 aliphatic rings. The van der Waals surface area contributed by atoms with Crippen LogP contribution >= 0.6 is 0 Å². The third-order valence-electron chi connectivity index (χ3n) is 3.72. The molecule has 112 valence electrons. The molecule has 1 saturated heterocycles. The van der Waals surface area contributed by atoms with Crippen LogP contribution in [0.3, 0.4) is 0 Å². The van der Waals surface area contributed by atoms with E-state index in [9.17, 15) is 4.79 Å². The summed E-state index contributed by atoms with van der Waals surface area (Å²) in [7, 11) is 0. The summed E-state index contributed by atoms with van der Waals surface area (Å²) in [5, 5.41) is 7.11. The van der Waals surface area contributed by atoms with Crippen LogP contribution in [0.25, 0.3) is 22.3 Å². The zero-order chi connectivity index (χ0) is 14.9. The van der Waals surface area contributed by atoms with Crippen LogP contribution in [0, 0.1) is 0 Å². The number of ether oxygens (including phenoxy) is 1. The highest BCUT2D eigenvalue weighted by Crippen LogP contribution is 2.20. The predicted octanol–water partition coefficient (Wildman–Crippen LogP) is 0.545. The third kappa shape index (κ3) is 2.23. The van der Waals surface area contributed by atoms with Crippen LogP contribution in [0.15, 0.2) is 29.5 Å². The fraction of sp³-hybridized carbons (Fsp3) is 0.286. The van der Waals surface area contributed by atoms with Gasteiger partial charge < -0.3 is 14.6 Å². The Balaban J connectivity index is 1.79. The Morgan fingerprint density at radius 3 is 2.82 bits per heavy atom. The summed E-state index contributed by atoms with van der Waals surface area (Å²) in [5.41, 5.74) is 1.23. The minimum absolute atomic E-state index is 0.159. The molecule has 0 bridgehead atoms. The first-order valence-electron chi connectivity index (χ1n) is 7.03. The minimum Gasteiger partial charge on any atom is -0.378 e. The number of hydrogen-bond acceptors (Lipinski definition) is 6. The average Bonchev–Trinajstić information content (AvgIpc) is 3.10. The molecule has 3 aromatic rings. The zero-order valence-electron chi connectivity index (χ0n) is 11.7. The smallest absolute Gasteiger partial charge is 0.258 e. The molecule has 1 aliphatic heterocycles. The van der Waals surface area contributed by atoms with Crippen molar-refractivity contribution in [3.63, 3.8) is 0 Å². The van der Waals surface area contributed by atoms with E-state index in [4.69, 9.17) is 4.74 Å². The summed E-state index contributed by atoms with van der Waals surface area (Å²) in [6.45, 7) is 2.85. The number of nitrogens with zero attached hydrogens (tertiary/aromatic N) is 4. The van der Waals surface area contributed by atoms with Gasteiger partial charge in [-0.05, 0) is 6.07 Å². The minimum atomic E-state index is -0.159. The molecular weight excluding hydrogens is 284 g/mol. The molecule has 1 fully saturated rings. The maximum absolute atomic E-state index is 12.4. The van der Waals surface area contributed by atoms with E-state index in [1.807, 2.05) is 6.07 Å². The number of anilines is 1. The molecule has 0 spiro atoms. The molecule has 0 radical (unpaired) electrons. The van der Waals surface area contributed by atoms with Crippen molar-refractivity contribution in [2.75, 3.05) is 31.2 Å². The molecule has 4 heterocycles. The van der Waals surface area contributed by atoms with E-state index in [1.165, 1.54) is 6.33 Å². The van der Waals surface area contributed by atoms with Crippen molar-refractivity contribution in [2.24, 2.45) is 0 Å². The molecule has 2 N–H and O–H groups in total. The van der Waals surface area contributed by atoms with Gasteiger partial charge in [0.25, 0.3) is 5.56 Å². The first kappa shape index (κ1) is 13.0. The highest BCUT2D eigenvalue weighted by atomic mass is 16.5. The van der Waals surface area contributed by atoms with Crippen LogP contribution < -0.4 is 10.5 Å². The molecule has 0 atom stereocenters. The van der Waals surface area contributed by atoms with Crippen LogP contribution in [-0.4, -0.2) is 51.5 Å². The Morgan fingerprint density at radius 2 is 2.05 bits per heavy atom. The summed E-state index contributed by atoms with van der Waals surface area (Å²) >= 11 is 0. The number of morpholine rings is 1. The van der Waals surface area contributed by atoms with Gasteiger partial charge in [-0.3, -0.25) is 14.9 Å². The second kappa shape index (κ2) is 5.23. The summed E-state index contributed by atoms with van der Waals surface area (Å²) in [6, 6.07) is 3.66. The van der Waals surface area contributed by atoms with Crippen molar-refractivity contribution in [2.45, 2.75) is 0 Å². The van der Waals surface area contributed by atoms with E-state index >= 15 is 0 Å². The van der Waals surface area contributed by atoms with Gasteiger partial charge in [0.1, 0.15) is 12.1 Å². The van der Waals surface area contributed by atoms with E-state index in [0.717, 1.165) is 24.5 Å². The molecule has 0 saturated carbocycles. The highest BCUT2D eigenvalue weighted by molar-refractivity contribution is 5.83. The molecule has 0 unspecified atom stereocenters. The lowest BCUT2D eigenvalue weighted by Crippen LogP contribution is -2.37. The number of rotatable bonds is 2. The van der Waals surface area contributed by atoms with E-state index in [2.05, 4.69) is 30.0 Å². The van der Waals surface area contributed by atoms with E-state index < -0.39 is 0 Å². The van der Waals surface area contributed by atoms with Crippen molar-refractivity contribution >= 4 is 16.7 Å². The van der Waals surface area contributed by atoms with Gasteiger partial charge in [-0.1, -0.05) is 0 Å². The van der Waals surface area contributed by atoms with Crippen LogP contribution in [0.2, 0.25) is 0 Å². The van der Waals surface area contributed by atoms with Crippen molar-refractivity contribution in [3.05, 3.63) is 35.0 Å². The fourth-order valence-corrected chi connectivity index (χ4v) is 2.57. The lowest BCUT2D eigenvalue weighted by Gasteiger charge is -2.28. The summed E-state index contributed by atoms with van der Waals surface area (Å²) in [6.07, 6.45) is 3.11. The monoisotopic (exact) mass is 298 g/mol. The summed E-state index contributed by atoms with van der Waals surface area (Å²) < 4.78 is 5.33. The maximum atomic E-state index is 12.4. The third-order valence-corrected chi connectivity index (χ3v) is 3.72. The molecule has 8 nitrogen and oxygen atoms in total. The number of aromatic nitrogens is 5. The Kier molecular flexibility index (Phi) is 3.08. The summed E-state index contributed by atoms with van der Waals surface area (Å²) in [5.74, 6) is 1.37. The second-order valence-electron chi connectivity index (χ2n) is 5.07. The first-order chi connectivity index (χ1) is 10.8. The SMILES string of the molecule is O=c1[nH]c(N2CCOCC2)cc2ncc(-c3ncn[nH]3)cc12. The predicted molar refractivity (Wildman–Crippen MR) is 80.8 cm³/mol. The van der Waals surface area contributed by atoms with Crippen molar-refractivity contribution < 1.29 is 4.74 Å². The number of hydrogen-bond donors (Lipinski definition) is 2. The maximum Gasteiger partial charge on any atom is 0.258 e. The van der Waals surface area contributed by atoms with E-state index in [-0.39, 0.29) is 5.56 Å². The molecule has 22 heavy (non-hydrogen) atoms. The van der Waals surface area contributed by atoms with E-state index in [1.54, 1.807) is 12.3 Å². The molecule has 4 rings (SSSR count). The van der Waals surface area contributed by atoms with Gasteiger partial charge in [0, 0.05) is 30.9 Å². The van der Waals surface area contributed by atoms with Gasteiger partial charge in [-0.15, -0.1) is 0 Å². The number of pyridine rings is 2. The van der Waals surface area contributed by atoms with Gasteiger partial charge in [0.2, 0.25) is 0 Å². The standard InChI is InChI=1S/C14H14N6O2/c21-14-10-5-9(13-16-8-17-19-13)7-15-11(10)6-12(18-14)20-1-3-22-4-2-20/h5-8H,1-4H2,(H,18,21)(H,16,17,19). The van der Waals surface area contributed by atoms with Crippen LogP contribution in [0.5, 0.6) is 0 Å². The van der Waals surface area contributed by atoms with Gasteiger partial charge in [0.15, 0.2) is 5.82 Å². The Labute approximate surface area is 125 Å². The van der Waals surface area contributed by atoms with Crippen molar-refractivity contribution in [1.29, 1.82) is 0 Å². The van der Waals surface area contributed by atoms with Crippen LogP contribution in [0.4, 0.5) is 5.82 Å². The van der Waals surface area contributed by atoms with Crippen molar-refractivity contribution in [1.82, 2.24) is 25.1 Å². The highest BCUT2D eigenvalue weighted by Gasteiger charge is 2.14. The zero-order valence-corrected chi connectivity index (χ0v) is 11.7. The fourth-order valence-electron chi connectivity index (χ4n) is 2.57. The Hall–Kier alpha value is -2.74. The largest absolute Gasteiger partial charge is 0.378 e. The molecule has 0 amide bonds. The Morgan fingerprint density at radius 1 is 1.18 bits per heavy atom. The van der Waals surface area contributed by atoms with Crippen molar-refractivity contribution in [3.8, 4) is 11.4 Å². The number of H-pyrrole nitrogens is 2.